The molecule has 0 unspecified atom stereocenters. The molecule has 1 aromatic heterocycles. The van der Waals surface area contributed by atoms with Crippen LogP contribution in [-0.2, 0) is 6.42 Å². The van der Waals surface area contributed by atoms with E-state index in [9.17, 15) is 29.4 Å². The molecule has 0 saturated carbocycles. The summed E-state index contributed by atoms with van der Waals surface area (Å²) in [6.07, 6.45) is -0.424. The zero-order chi connectivity index (χ0) is 17.3. The number of hydrogen-bond acceptors (Lipinski definition) is 6. The number of aromatic amines is 1. The zero-order valence-corrected chi connectivity index (χ0v) is 13.1. The van der Waals surface area contributed by atoms with Crippen molar-refractivity contribution in [2.75, 3.05) is 0 Å². The molecule has 0 spiro atoms. The lowest BCUT2D eigenvalue weighted by atomic mass is 10.1. The summed E-state index contributed by atoms with van der Waals surface area (Å²) in [5.41, 5.74) is -1.04. The molecule has 0 amide bonds. The van der Waals surface area contributed by atoms with Crippen molar-refractivity contribution in [2.24, 2.45) is 0 Å². The number of halogens is 2. The van der Waals surface area contributed by atoms with Gasteiger partial charge < -0.3 is 15.1 Å². The molecule has 0 bridgehead atoms. The smallest absolute Gasteiger partial charge is 0.358 e. The Bertz CT molecular complexity index is 835. The second kappa shape index (κ2) is 6.20. The van der Waals surface area contributed by atoms with Crippen LogP contribution in [0.15, 0.2) is 16.6 Å². The van der Waals surface area contributed by atoms with Crippen molar-refractivity contribution in [3.05, 3.63) is 59.7 Å². The van der Waals surface area contributed by atoms with Gasteiger partial charge in [0.05, 0.1) is 15.8 Å². The van der Waals surface area contributed by atoms with Crippen molar-refractivity contribution < 1.29 is 19.0 Å². The van der Waals surface area contributed by atoms with Crippen molar-refractivity contribution in [1.29, 1.82) is 0 Å². The standard InChI is InChI=1S/C12H8BrFN4O5/c1-5-15-8(12(16-5)18(22)23)4-10(19)6-2-7(13)11(14)9(3-6)17(20)21/h2-3H,4H2,1H3,(H,15,16). The summed E-state index contributed by atoms with van der Waals surface area (Å²) in [5.74, 6) is -1.99. The first-order valence-electron chi connectivity index (χ1n) is 6.07. The molecule has 9 nitrogen and oxygen atoms in total. The molecular weight excluding hydrogens is 379 g/mol. The van der Waals surface area contributed by atoms with Crippen molar-refractivity contribution in [1.82, 2.24) is 9.97 Å². The number of aryl methyl sites for hydroxylation is 1. The first-order chi connectivity index (χ1) is 10.7. The second-order valence-electron chi connectivity index (χ2n) is 4.53. The summed E-state index contributed by atoms with van der Waals surface area (Å²) in [5, 5.41) is 21.6. The van der Waals surface area contributed by atoms with Crippen molar-refractivity contribution in [3.8, 4) is 0 Å². The minimum absolute atomic E-state index is 0.0272. The van der Waals surface area contributed by atoms with E-state index in [-0.39, 0.29) is 21.6 Å². The Kier molecular flexibility index (Phi) is 4.50. The number of aromatic nitrogens is 2. The Morgan fingerprint density at radius 1 is 1.35 bits per heavy atom. The third-order valence-corrected chi connectivity index (χ3v) is 3.49. The van der Waals surface area contributed by atoms with Gasteiger partial charge in [-0.2, -0.15) is 4.39 Å². The van der Waals surface area contributed by atoms with E-state index in [1.165, 1.54) is 6.92 Å². The molecule has 23 heavy (non-hydrogen) atoms. The van der Waals surface area contributed by atoms with Crippen LogP contribution in [0.5, 0.6) is 0 Å². The number of benzene rings is 1. The van der Waals surface area contributed by atoms with Crippen LogP contribution in [0.1, 0.15) is 21.9 Å². The van der Waals surface area contributed by atoms with E-state index in [2.05, 4.69) is 25.9 Å². The predicted molar refractivity (Wildman–Crippen MR) is 78.8 cm³/mol. The average Bonchev–Trinajstić information content (AvgIpc) is 2.82. The van der Waals surface area contributed by atoms with Crippen LogP contribution in [0.2, 0.25) is 0 Å². The van der Waals surface area contributed by atoms with Gasteiger partial charge in [0.25, 0.3) is 0 Å². The van der Waals surface area contributed by atoms with E-state index in [1.54, 1.807) is 0 Å². The van der Waals surface area contributed by atoms with Crippen LogP contribution in [-0.4, -0.2) is 25.6 Å². The van der Waals surface area contributed by atoms with Gasteiger partial charge in [-0.15, -0.1) is 0 Å². The quantitative estimate of drug-likeness (QED) is 0.477. The molecule has 0 fully saturated rings. The topological polar surface area (TPSA) is 132 Å². The Hall–Kier alpha value is -2.69. The number of nitrogens with zero attached hydrogens (tertiary/aromatic N) is 3. The lowest BCUT2D eigenvalue weighted by Gasteiger charge is -2.03. The summed E-state index contributed by atoms with van der Waals surface area (Å²) in [4.78, 5) is 38.4. The fourth-order valence-corrected chi connectivity index (χ4v) is 2.38. The number of H-pyrrole nitrogens is 1. The monoisotopic (exact) mass is 386 g/mol. The van der Waals surface area contributed by atoms with Gasteiger partial charge in [0, 0.05) is 18.6 Å². The van der Waals surface area contributed by atoms with Crippen LogP contribution >= 0.6 is 15.9 Å². The Morgan fingerprint density at radius 3 is 2.57 bits per heavy atom. The highest BCUT2D eigenvalue weighted by Gasteiger charge is 2.25. The van der Waals surface area contributed by atoms with Gasteiger partial charge in [-0.1, -0.05) is 0 Å². The van der Waals surface area contributed by atoms with E-state index < -0.39 is 39.4 Å². The number of carbonyl (C=O) groups is 1. The number of hydrogen-bond donors (Lipinski definition) is 1. The maximum absolute atomic E-state index is 13.6. The molecule has 2 rings (SSSR count). The van der Waals surface area contributed by atoms with Gasteiger partial charge in [-0.3, -0.25) is 14.9 Å². The van der Waals surface area contributed by atoms with Gasteiger partial charge in [-0.25, -0.2) is 0 Å². The molecule has 1 aromatic carbocycles. The number of nitrogens with one attached hydrogen (secondary N) is 1. The number of imidazole rings is 1. The van der Waals surface area contributed by atoms with E-state index in [0.29, 0.717) is 0 Å². The minimum Gasteiger partial charge on any atom is -0.358 e. The maximum atomic E-state index is 13.6. The van der Waals surface area contributed by atoms with Gasteiger partial charge in [0.15, 0.2) is 5.78 Å². The molecular formula is C12H8BrFN4O5. The molecule has 120 valence electrons. The highest BCUT2D eigenvalue weighted by atomic mass is 79.9. The molecule has 1 heterocycles. The molecule has 0 aliphatic heterocycles. The van der Waals surface area contributed by atoms with Crippen molar-refractivity contribution >= 4 is 33.2 Å². The Labute approximate surface area is 136 Å². The summed E-state index contributed by atoms with van der Waals surface area (Å²) in [6, 6.07) is 1.87. The molecule has 0 aliphatic carbocycles. The molecule has 0 radical (unpaired) electrons. The number of nitro benzene ring substituents is 1. The molecule has 11 heteroatoms. The second-order valence-corrected chi connectivity index (χ2v) is 5.38. The average molecular weight is 387 g/mol. The largest absolute Gasteiger partial charge is 0.385 e. The third kappa shape index (κ3) is 3.39. The fourth-order valence-electron chi connectivity index (χ4n) is 1.93. The highest BCUT2D eigenvalue weighted by Crippen LogP contribution is 2.28. The van der Waals surface area contributed by atoms with Crippen LogP contribution in [0, 0.1) is 33.0 Å². The van der Waals surface area contributed by atoms with Crippen LogP contribution in [0.25, 0.3) is 0 Å². The molecule has 0 saturated heterocycles. The lowest BCUT2D eigenvalue weighted by Crippen LogP contribution is -2.07. The number of nitro groups is 2. The van der Waals surface area contributed by atoms with Crippen LogP contribution in [0.3, 0.4) is 0 Å². The third-order valence-electron chi connectivity index (χ3n) is 2.91. The van der Waals surface area contributed by atoms with E-state index in [1.807, 2.05) is 0 Å². The Morgan fingerprint density at radius 2 is 2.00 bits per heavy atom. The van der Waals surface area contributed by atoms with Crippen molar-refractivity contribution in [3.63, 3.8) is 0 Å². The zero-order valence-electron chi connectivity index (χ0n) is 11.5. The summed E-state index contributed by atoms with van der Waals surface area (Å²) < 4.78 is 13.3. The summed E-state index contributed by atoms with van der Waals surface area (Å²) in [6.45, 7) is 1.49. The molecule has 1 N–H and O–H groups in total. The molecule has 0 aliphatic rings. The fraction of sp³-hybridized carbons (Fsp3) is 0.167. The predicted octanol–water partition coefficient (Wildman–Crippen LogP) is 2.86. The van der Waals surface area contributed by atoms with E-state index in [4.69, 9.17) is 0 Å². The summed E-state index contributed by atoms with van der Waals surface area (Å²) in [7, 11) is 0. The van der Waals surface area contributed by atoms with Gasteiger partial charge in [0.2, 0.25) is 11.6 Å². The van der Waals surface area contributed by atoms with Crippen LogP contribution in [0.4, 0.5) is 15.9 Å². The van der Waals surface area contributed by atoms with E-state index in [0.717, 1.165) is 12.1 Å². The minimum atomic E-state index is -1.10. The number of ketones is 1. The molecule has 2 aromatic rings. The highest BCUT2D eigenvalue weighted by molar-refractivity contribution is 9.10. The number of rotatable bonds is 5. The first-order valence-corrected chi connectivity index (χ1v) is 6.86. The lowest BCUT2D eigenvalue weighted by molar-refractivity contribution is -0.390. The van der Waals surface area contributed by atoms with Crippen LogP contribution < -0.4 is 0 Å². The number of Topliss-reactive ketones (excluding diaryl/α,β-unsaturated/α-hetero) is 1. The Balaban J connectivity index is 2.39. The SMILES string of the molecule is Cc1nc([N+](=O)[O-])c(CC(=O)c2cc(Br)c(F)c([N+](=O)[O-])c2)[nH]1. The van der Waals surface area contributed by atoms with Gasteiger partial charge in [0.1, 0.15) is 5.69 Å². The van der Waals surface area contributed by atoms with Gasteiger partial charge in [-0.05, 0) is 31.9 Å². The normalized spacial score (nSPS) is 10.6. The molecule has 0 atom stereocenters. The first kappa shape index (κ1) is 16.7. The van der Waals surface area contributed by atoms with Gasteiger partial charge >= 0.3 is 11.5 Å². The maximum Gasteiger partial charge on any atom is 0.385 e. The number of carbonyl (C=O) groups excluding carboxylic acids is 1. The van der Waals surface area contributed by atoms with Crippen molar-refractivity contribution in [2.45, 2.75) is 13.3 Å². The summed E-state index contributed by atoms with van der Waals surface area (Å²) >= 11 is 2.80. The van der Waals surface area contributed by atoms with E-state index >= 15 is 0 Å².